The third kappa shape index (κ3) is 1.98. The molecule has 4 nitrogen and oxygen atoms in total. The zero-order chi connectivity index (χ0) is 9.10. The molecule has 1 N–H and O–H groups in total. The lowest BCUT2D eigenvalue weighted by molar-refractivity contribution is 0.593. The highest BCUT2D eigenvalue weighted by Gasteiger charge is 2.27. The number of azo groups is 1. The van der Waals surface area contributed by atoms with Crippen LogP contribution in [0.1, 0.15) is 6.92 Å². The maximum absolute atomic E-state index is 4.39. The first-order chi connectivity index (χ1) is 6.36. The van der Waals surface area contributed by atoms with E-state index in [1.165, 1.54) is 0 Å². The second-order valence-electron chi connectivity index (χ2n) is 2.70. The van der Waals surface area contributed by atoms with Gasteiger partial charge in [-0.15, -0.1) is 0 Å². The number of allylic oxidation sites excluding steroid dienone is 2. The van der Waals surface area contributed by atoms with Gasteiger partial charge in [-0.3, -0.25) is 4.99 Å². The average Bonchev–Trinajstić information content (AvgIpc) is 2.46. The number of fused-ring (bicyclic) bond motifs is 1. The van der Waals surface area contributed by atoms with Crippen molar-refractivity contribution in [3.63, 3.8) is 0 Å². The molecule has 2 aliphatic heterocycles. The summed E-state index contributed by atoms with van der Waals surface area (Å²) in [5.74, 6) is 0. The van der Waals surface area contributed by atoms with Gasteiger partial charge in [0.15, 0.2) is 11.5 Å². The van der Waals surface area contributed by atoms with Gasteiger partial charge < -0.3 is 5.32 Å². The van der Waals surface area contributed by atoms with Crippen LogP contribution in [0, 0.1) is 0 Å². The van der Waals surface area contributed by atoms with Gasteiger partial charge in [0.2, 0.25) is 0 Å². The molecule has 0 amide bonds. The maximum Gasteiger partial charge on any atom is 0.162 e. The van der Waals surface area contributed by atoms with Crippen LogP contribution in [-0.4, -0.2) is 16.6 Å². The molecule has 0 aliphatic carbocycles. The number of hydrogen-bond donors (Lipinski definition) is 1. The van der Waals surface area contributed by atoms with Crippen molar-refractivity contribution in [1.29, 1.82) is 0 Å². The lowest BCUT2D eigenvalue weighted by atomic mass is 10.5. The van der Waals surface area contributed by atoms with Crippen molar-refractivity contribution in [2.75, 3.05) is 0 Å². The van der Waals surface area contributed by atoms with Gasteiger partial charge in [-0.1, -0.05) is 11.8 Å². The molecule has 0 radical (unpaired) electrons. The molecule has 0 aromatic heterocycles. The number of nitrogens with one attached hydrogen (secondary N) is 1. The van der Waals surface area contributed by atoms with Gasteiger partial charge in [0, 0.05) is 6.20 Å². The van der Waals surface area contributed by atoms with Crippen LogP contribution >= 0.6 is 11.8 Å². The minimum Gasteiger partial charge on any atom is -0.367 e. The monoisotopic (exact) mass is 194 g/mol. The summed E-state index contributed by atoms with van der Waals surface area (Å²) in [5, 5.41) is 12.4. The summed E-state index contributed by atoms with van der Waals surface area (Å²) in [7, 11) is 0. The summed E-state index contributed by atoms with van der Waals surface area (Å²) in [4.78, 5) is 4.39. The van der Waals surface area contributed by atoms with Crippen LogP contribution in [0.5, 0.6) is 0 Å². The topological polar surface area (TPSA) is 49.1 Å². The molecule has 0 saturated heterocycles. The fourth-order valence-corrected chi connectivity index (χ4v) is 2.03. The molecule has 0 spiro atoms. The first kappa shape index (κ1) is 8.50. The fraction of sp³-hybridized carbons (Fsp3) is 0.375. The van der Waals surface area contributed by atoms with E-state index in [1.54, 1.807) is 18.0 Å². The Bertz CT molecular complexity index is 305. The summed E-state index contributed by atoms with van der Waals surface area (Å²) < 4.78 is 0. The van der Waals surface area contributed by atoms with Crippen molar-refractivity contribution in [3.05, 3.63) is 24.6 Å². The number of rotatable bonds is 0. The predicted molar refractivity (Wildman–Crippen MR) is 54.5 cm³/mol. The Hall–Kier alpha value is -1.10. The Morgan fingerprint density at radius 1 is 1.46 bits per heavy atom. The van der Waals surface area contributed by atoms with E-state index < -0.39 is 0 Å². The molecule has 13 heavy (non-hydrogen) atoms. The summed E-state index contributed by atoms with van der Waals surface area (Å²) >= 11 is 1.64. The average molecular weight is 194 g/mol. The second kappa shape index (κ2) is 3.74. The van der Waals surface area contributed by atoms with Gasteiger partial charge in [0.1, 0.15) is 0 Å². The molecular weight excluding hydrogens is 184 g/mol. The van der Waals surface area contributed by atoms with E-state index in [2.05, 4.69) is 20.5 Å². The maximum atomic E-state index is 4.39. The second-order valence-corrected chi connectivity index (χ2v) is 4.01. The predicted octanol–water partition coefficient (Wildman–Crippen LogP) is 1.89. The normalized spacial score (nSPS) is 38.7. The summed E-state index contributed by atoms with van der Waals surface area (Å²) in [5.41, 5.74) is 0. The van der Waals surface area contributed by atoms with E-state index in [-0.39, 0.29) is 11.5 Å². The molecule has 0 aromatic carbocycles. The third-order valence-corrected chi connectivity index (χ3v) is 2.73. The van der Waals surface area contributed by atoms with Crippen LogP contribution in [-0.2, 0) is 0 Å². The highest BCUT2D eigenvalue weighted by Crippen LogP contribution is 2.26. The van der Waals surface area contributed by atoms with Crippen LogP contribution < -0.4 is 5.32 Å². The van der Waals surface area contributed by atoms with Crippen molar-refractivity contribution in [3.8, 4) is 0 Å². The molecule has 2 aliphatic rings. The van der Waals surface area contributed by atoms with E-state index in [4.69, 9.17) is 0 Å². The molecule has 2 unspecified atom stereocenters. The first-order valence-corrected chi connectivity index (χ1v) is 4.93. The number of thioether (sulfide) groups is 1. The Morgan fingerprint density at radius 3 is 3.31 bits per heavy atom. The lowest BCUT2D eigenvalue weighted by Gasteiger charge is -2.10. The van der Waals surface area contributed by atoms with Gasteiger partial charge in [-0.2, -0.15) is 10.2 Å². The van der Waals surface area contributed by atoms with Crippen LogP contribution in [0.25, 0.3) is 0 Å². The van der Waals surface area contributed by atoms with Crippen molar-refractivity contribution >= 4 is 16.8 Å². The quantitative estimate of drug-likeness (QED) is 0.640. The Balaban J connectivity index is 2.17. The van der Waals surface area contributed by atoms with Gasteiger partial charge in [0.05, 0.1) is 5.04 Å². The molecule has 0 fully saturated rings. The van der Waals surface area contributed by atoms with E-state index in [1.807, 2.05) is 25.3 Å². The Kier molecular flexibility index (Phi) is 2.44. The smallest absolute Gasteiger partial charge is 0.162 e. The van der Waals surface area contributed by atoms with E-state index >= 15 is 0 Å². The fourth-order valence-electron chi connectivity index (χ4n) is 1.14. The van der Waals surface area contributed by atoms with Crippen LogP contribution in [0.4, 0.5) is 0 Å². The molecule has 0 bridgehead atoms. The highest BCUT2D eigenvalue weighted by molar-refractivity contribution is 8.14. The van der Waals surface area contributed by atoms with E-state index in [0.29, 0.717) is 0 Å². The Labute approximate surface area is 80.9 Å². The molecule has 0 saturated carbocycles. The first-order valence-electron chi connectivity index (χ1n) is 4.05. The summed E-state index contributed by atoms with van der Waals surface area (Å²) in [6.45, 7) is 1.99. The van der Waals surface area contributed by atoms with Gasteiger partial charge in [0.25, 0.3) is 0 Å². The van der Waals surface area contributed by atoms with Gasteiger partial charge in [-0.25, -0.2) is 0 Å². The summed E-state index contributed by atoms with van der Waals surface area (Å²) in [6, 6.07) is 0. The van der Waals surface area contributed by atoms with Crippen molar-refractivity contribution in [2.24, 2.45) is 15.2 Å². The van der Waals surface area contributed by atoms with Crippen molar-refractivity contribution < 1.29 is 0 Å². The van der Waals surface area contributed by atoms with Crippen LogP contribution in [0.3, 0.4) is 0 Å². The van der Waals surface area contributed by atoms with E-state index in [9.17, 15) is 0 Å². The van der Waals surface area contributed by atoms with E-state index in [0.717, 1.165) is 5.04 Å². The van der Waals surface area contributed by atoms with Crippen LogP contribution in [0.15, 0.2) is 39.8 Å². The number of aliphatic imine (C=N–C) groups is 1. The standard InChI is InChI=1S/C8H10N4S/c1-6-11-7-8(13-6)12-10-5-3-2-4-9-7/h2-5,7-9H,1H3/b4-2-,5-3-,12-10+. The molecule has 2 atom stereocenters. The van der Waals surface area contributed by atoms with Gasteiger partial charge >= 0.3 is 0 Å². The molecule has 2 rings (SSSR count). The van der Waals surface area contributed by atoms with Crippen molar-refractivity contribution in [1.82, 2.24) is 5.32 Å². The molecule has 68 valence electrons. The molecule has 5 heteroatoms. The molecule has 0 aromatic rings. The van der Waals surface area contributed by atoms with Crippen LogP contribution in [0.2, 0.25) is 0 Å². The third-order valence-electron chi connectivity index (χ3n) is 1.69. The van der Waals surface area contributed by atoms with Crippen molar-refractivity contribution in [2.45, 2.75) is 18.5 Å². The highest BCUT2D eigenvalue weighted by atomic mass is 32.2. The number of hydrogen-bond acceptors (Lipinski definition) is 5. The Morgan fingerprint density at radius 2 is 2.38 bits per heavy atom. The summed E-state index contributed by atoms with van der Waals surface area (Å²) in [6.07, 6.45) is 7.29. The molecular formula is C8H10N4S. The largest absolute Gasteiger partial charge is 0.367 e. The SMILES string of the molecule is CC1=NC2N\C=C/C=C\N=N\C2S1. The molecule has 2 heterocycles. The minimum absolute atomic E-state index is 0.0323. The zero-order valence-electron chi connectivity index (χ0n) is 7.21. The minimum atomic E-state index is 0.0323. The zero-order valence-corrected chi connectivity index (χ0v) is 8.03. The van der Waals surface area contributed by atoms with Gasteiger partial charge in [-0.05, 0) is 25.3 Å². The number of nitrogens with zero attached hydrogens (tertiary/aromatic N) is 3. The lowest BCUT2D eigenvalue weighted by Crippen LogP contribution is -2.28.